The fourth-order valence-electron chi connectivity index (χ4n) is 6.98. The molecule has 0 bridgehead atoms. The number of hydrogen-bond donors (Lipinski definition) is 0. The van der Waals surface area contributed by atoms with E-state index in [9.17, 15) is 0 Å². The minimum atomic E-state index is 0.681. The van der Waals surface area contributed by atoms with Gasteiger partial charge in [0.2, 0.25) is 5.95 Å². The molecule has 7 aromatic carbocycles. The SMILES string of the molecule is c1ccc(-c2nc(-n3c4ccccc4c4cc5ccc6ccc7c8ccccc8sc7c6c5cc43)nc3ccccc23)cc1. The van der Waals surface area contributed by atoms with Gasteiger partial charge in [-0.3, -0.25) is 4.57 Å². The first-order valence-electron chi connectivity index (χ1n) is 14.8. The van der Waals surface area contributed by atoms with E-state index in [4.69, 9.17) is 9.97 Å². The summed E-state index contributed by atoms with van der Waals surface area (Å²) in [6.07, 6.45) is 0. The van der Waals surface area contributed by atoms with Gasteiger partial charge in [-0.25, -0.2) is 9.97 Å². The number of aromatic nitrogens is 3. The third-order valence-electron chi connectivity index (χ3n) is 8.97. The highest BCUT2D eigenvalue weighted by Gasteiger charge is 2.19. The summed E-state index contributed by atoms with van der Waals surface area (Å²) in [5.74, 6) is 0.681. The number of para-hydroxylation sites is 2. The molecule has 4 heteroatoms. The van der Waals surface area contributed by atoms with E-state index < -0.39 is 0 Å². The maximum Gasteiger partial charge on any atom is 0.235 e. The molecular weight excluding hydrogens is 555 g/mol. The van der Waals surface area contributed by atoms with Crippen molar-refractivity contribution in [2.45, 2.75) is 0 Å². The van der Waals surface area contributed by atoms with Gasteiger partial charge in [-0.1, -0.05) is 109 Å². The Morgan fingerprint density at radius 1 is 0.477 bits per heavy atom. The Kier molecular flexibility index (Phi) is 4.87. The van der Waals surface area contributed by atoms with E-state index in [1.54, 1.807) is 0 Å². The van der Waals surface area contributed by atoms with E-state index in [0.29, 0.717) is 5.95 Å². The van der Waals surface area contributed by atoms with Crippen molar-refractivity contribution in [1.29, 1.82) is 0 Å². The summed E-state index contributed by atoms with van der Waals surface area (Å²) in [5, 5.41) is 11.1. The van der Waals surface area contributed by atoms with Gasteiger partial charge < -0.3 is 0 Å². The molecule has 0 unspecified atom stereocenters. The van der Waals surface area contributed by atoms with Crippen molar-refractivity contribution in [2.24, 2.45) is 0 Å². The minimum Gasteiger partial charge on any atom is -0.278 e. The lowest BCUT2D eigenvalue weighted by Gasteiger charge is -2.12. The molecule has 44 heavy (non-hydrogen) atoms. The normalized spacial score (nSPS) is 12.1. The lowest BCUT2D eigenvalue weighted by Crippen LogP contribution is -2.03. The molecule has 3 nitrogen and oxygen atoms in total. The van der Waals surface area contributed by atoms with Gasteiger partial charge in [-0.2, -0.15) is 0 Å². The van der Waals surface area contributed by atoms with Gasteiger partial charge in [0.05, 0.1) is 22.2 Å². The standard InChI is InChI=1S/C40H23N3S/c1-2-10-25(11-3-1)38-30-14-4-7-15-33(30)41-40(42-38)43-34-16-8-5-12-27(34)32-22-26-19-18-24-20-21-29-28-13-6-9-17-36(28)44-39(29)37(24)31(26)23-35(32)43/h1-23H. The minimum absolute atomic E-state index is 0.681. The van der Waals surface area contributed by atoms with Gasteiger partial charge in [-0.05, 0) is 46.5 Å². The first-order valence-corrected chi connectivity index (χ1v) is 15.7. The summed E-state index contributed by atoms with van der Waals surface area (Å²) in [5.41, 5.74) is 5.16. The molecule has 0 saturated heterocycles. The van der Waals surface area contributed by atoms with Crippen LogP contribution in [0.25, 0.3) is 91.6 Å². The van der Waals surface area contributed by atoms with Crippen LogP contribution in [0.3, 0.4) is 0 Å². The molecule has 3 heterocycles. The highest BCUT2D eigenvalue weighted by atomic mass is 32.1. The molecule has 10 aromatic rings. The molecule has 0 radical (unpaired) electrons. The van der Waals surface area contributed by atoms with Crippen LogP contribution in [0.1, 0.15) is 0 Å². The van der Waals surface area contributed by atoms with E-state index in [0.717, 1.165) is 33.2 Å². The monoisotopic (exact) mass is 577 g/mol. The number of thiophene rings is 1. The summed E-state index contributed by atoms with van der Waals surface area (Å²) in [6.45, 7) is 0. The Bertz CT molecular complexity index is 2770. The largest absolute Gasteiger partial charge is 0.278 e. The average Bonchev–Trinajstić information content (AvgIpc) is 3.62. The Labute approximate surface area is 256 Å². The highest BCUT2D eigenvalue weighted by Crippen LogP contribution is 2.43. The van der Waals surface area contributed by atoms with Gasteiger partial charge in [0.15, 0.2) is 0 Å². The van der Waals surface area contributed by atoms with Crippen LogP contribution >= 0.6 is 11.3 Å². The Morgan fingerprint density at radius 3 is 2.11 bits per heavy atom. The summed E-state index contributed by atoms with van der Waals surface area (Å²) < 4.78 is 4.91. The molecule has 204 valence electrons. The average molecular weight is 578 g/mol. The second-order valence-electron chi connectivity index (χ2n) is 11.4. The predicted molar refractivity (Wildman–Crippen MR) is 187 cm³/mol. The Balaban J connectivity index is 1.36. The van der Waals surface area contributed by atoms with Crippen molar-refractivity contribution < 1.29 is 0 Å². The fraction of sp³-hybridized carbons (Fsp3) is 0. The summed E-state index contributed by atoms with van der Waals surface area (Å²) in [4.78, 5) is 10.5. The topological polar surface area (TPSA) is 30.7 Å². The van der Waals surface area contributed by atoms with E-state index in [2.05, 4.69) is 138 Å². The van der Waals surface area contributed by atoms with E-state index in [-0.39, 0.29) is 0 Å². The Morgan fingerprint density at radius 2 is 1.20 bits per heavy atom. The maximum atomic E-state index is 5.29. The van der Waals surface area contributed by atoms with Gasteiger partial charge in [-0.15, -0.1) is 11.3 Å². The number of fused-ring (bicyclic) bond motifs is 11. The van der Waals surface area contributed by atoms with Gasteiger partial charge >= 0.3 is 0 Å². The van der Waals surface area contributed by atoms with Crippen LogP contribution in [-0.4, -0.2) is 14.5 Å². The van der Waals surface area contributed by atoms with Crippen LogP contribution in [0.15, 0.2) is 140 Å². The van der Waals surface area contributed by atoms with Crippen molar-refractivity contribution >= 4 is 85.8 Å². The van der Waals surface area contributed by atoms with E-state index >= 15 is 0 Å². The van der Waals surface area contributed by atoms with Crippen molar-refractivity contribution in [3.8, 4) is 17.2 Å². The van der Waals surface area contributed by atoms with Gasteiger partial charge in [0, 0.05) is 47.3 Å². The van der Waals surface area contributed by atoms with Crippen LogP contribution in [-0.2, 0) is 0 Å². The van der Waals surface area contributed by atoms with Crippen molar-refractivity contribution in [1.82, 2.24) is 14.5 Å². The number of benzene rings is 7. The molecule has 0 fully saturated rings. The third-order valence-corrected chi connectivity index (χ3v) is 10.2. The second kappa shape index (κ2) is 8.96. The van der Waals surface area contributed by atoms with E-state index in [1.807, 2.05) is 17.4 Å². The smallest absolute Gasteiger partial charge is 0.235 e. The number of nitrogens with zero attached hydrogens (tertiary/aromatic N) is 3. The lowest BCUT2D eigenvalue weighted by molar-refractivity contribution is 1.01. The summed E-state index contributed by atoms with van der Waals surface area (Å²) in [6, 6.07) is 49.9. The zero-order valence-electron chi connectivity index (χ0n) is 23.5. The molecular formula is C40H23N3S. The number of hydrogen-bond acceptors (Lipinski definition) is 3. The lowest BCUT2D eigenvalue weighted by atomic mass is 9.98. The zero-order valence-corrected chi connectivity index (χ0v) is 24.3. The quantitative estimate of drug-likeness (QED) is 0.191. The van der Waals surface area contributed by atoms with Crippen LogP contribution in [0.4, 0.5) is 0 Å². The maximum absolute atomic E-state index is 5.29. The Hall–Kier alpha value is -5.58. The summed E-state index contributed by atoms with van der Waals surface area (Å²) in [7, 11) is 0. The highest BCUT2D eigenvalue weighted by molar-refractivity contribution is 7.26. The van der Waals surface area contributed by atoms with Crippen LogP contribution in [0.5, 0.6) is 0 Å². The molecule has 0 aliphatic rings. The van der Waals surface area contributed by atoms with Crippen molar-refractivity contribution in [2.75, 3.05) is 0 Å². The first-order chi connectivity index (χ1) is 21.8. The molecule has 10 rings (SSSR count). The van der Waals surface area contributed by atoms with Crippen LogP contribution < -0.4 is 0 Å². The van der Waals surface area contributed by atoms with Gasteiger partial charge in [0.25, 0.3) is 0 Å². The second-order valence-corrected chi connectivity index (χ2v) is 12.5. The van der Waals surface area contributed by atoms with E-state index in [1.165, 1.54) is 52.5 Å². The molecule has 3 aromatic heterocycles. The van der Waals surface area contributed by atoms with Crippen molar-refractivity contribution in [3.05, 3.63) is 140 Å². The molecule has 0 atom stereocenters. The molecule has 0 aliphatic heterocycles. The molecule has 0 spiro atoms. The van der Waals surface area contributed by atoms with Crippen LogP contribution in [0.2, 0.25) is 0 Å². The number of rotatable bonds is 2. The third kappa shape index (κ3) is 3.31. The zero-order chi connectivity index (χ0) is 28.8. The predicted octanol–water partition coefficient (Wildman–Crippen LogP) is 11.1. The summed E-state index contributed by atoms with van der Waals surface area (Å²) >= 11 is 1.89. The van der Waals surface area contributed by atoms with Crippen molar-refractivity contribution in [3.63, 3.8) is 0 Å². The fourth-order valence-corrected chi connectivity index (χ4v) is 8.25. The molecule has 0 saturated carbocycles. The first kappa shape index (κ1) is 23.9. The van der Waals surface area contributed by atoms with Crippen LogP contribution in [0, 0.1) is 0 Å². The molecule has 0 N–H and O–H groups in total. The molecule has 0 aliphatic carbocycles. The molecule has 0 amide bonds. The van der Waals surface area contributed by atoms with Gasteiger partial charge in [0.1, 0.15) is 0 Å².